The van der Waals surface area contributed by atoms with E-state index >= 15 is 0 Å². The lowest BCUT2D eigenvalue weighted by atomic mass is 10.3. The second kappa shape index (κ2) is 7.54. The molecule has 0 unspecified atom stereocenters. The largest absolute Gasteiger partial charge is 0.272 e. The molecule has 0 aliphatic rings. The Morgan fingerprint density at radius 3 is 2.76 bits per heavy atom. The van der Waals surface area contributed by atoms with Gasteiger partial charge in [-0.2, -0.15) is 5.10 Å². The van der Waals surface area contributed by atoms with Gasteiger partial charge in [-0.3, -0.25) is 9.78 Å². The Hall–Kier alpha value is -2.21. The van der Waals surface area contributed by atoms with E-state index < -0.39 is 0 Å². The van der Waals surface area contributed by atoms with Crippen molar-refractivity contribution in [3.8, 4) is 0 Å². The fourth-order valence-electron chi connectivity index (χ4n) is 1.52. The summed E-state index contributed by atoms with van der Waals surface area (Å²) in [4.78, 5) is 16.2. The zero-order chi connectivity index (χ0) is 15.1. The predicted molar refractivity (Wildman–Crippen MR) is 81.7 cm³/mol. The highest BCUT2D eigenvalue weighted by atomic mass is 32.2. The van der Waals surface area contributed by atoms with Crippen LogP contribution in [0.1, 0.15) is 12.6 Å². The van der Waals surface area contributed by atoms with Gasteiger partial charge in [0.1, 0.15) is 5.82 Å². The zero-order valence-electron chi connectivity index (χ0n) is 11.4. The molecule has 21 heavy (non-hydrogen) atoms. The van der Waals surface area contributed by atoms with Crippen LogP contribution in [0.25, 0.3) is 0 Å². The van der Waals surface area contributed by atoms with Crippen molar-refractivity contribution >= 4 is 23.4 Å². The number of aromatic nitrogens is 1. The number of amides is 1. The van der Waals surface area contributed by atoms with Gasteiger partial charge in [-0.15, -0.1) is 11.8 Å². The van der Waals surface area contributed by atoms with Crippen LogP contribution in [0.2, 0.25) is 0 Å². The number of hydrogen-bond acceptors (Lipinski definition) is 4. The molecule has 2 aromatic rings. The van der Waals surface area contributed by atoms with Crippen molar-refractivity contribution in [2.45, 2.75) is 11.8 Å². The Morgan fingerprint density at radius 1 is 1.29 bits per heavy atom. The molecule has 6 heteroatoms. The Morgan fingerprint density at radius 2 is 2.05 bits per heavy atom. The van der Waals surface area contributed by atoms with Crippen LogP contribution in [0.4, 0.5) is 4.39 Å². The first kappa shape index (κ1) is 15.2. The minimum absolute atomic E-state index is 0.0972. The number of benzene rings is 1. The zero-order valence-corrected chi connectivity index (χ0v) is 12.2. The number of thioether (sulfide) groups is 1. The third-order valence-electron chi connectivity index (χ3n) is 2.58. The van der Waals surface area contributed by atoms with Gasteiger partial charge in [0, 0.05) is 11.1 Å². The summed E-state index contributed by atoms with van der Waals surface area (Å²) in [5.74, 6) is -0.526. The topological polar surface area (TPSA) is 54.4 Å². The number of halogens is 1. The van der Waals surface area contributed by atoms with Crippen molar-refractivity contribution in [1.29, 1.82) is 0 Å². The maximum atomic E-state index is 13.4. The Bertz CT molecular complexity index is 646. The number of hydrogen-bond donors (Lipinski definition) is 1. The van der Waals surface area contributed by atoms with Crippen molar-refractivity contribution in [3.63, 3.8) is 0 Å². The Kier molecular flexibility index (Phi) is 5.45. The number of pyridine rings is 1. The van der Waals surface area contributed by atoms with Gasteiger partial charge in [-0.05, 0) is 31.2 Å². The molecule has 4 nitrogen and oxygen atoms in total. The summed E-state index contributed by atoms with van der Waals surface area (Å²) in [6.07, 6.45) is 1.66. The number of hydrazone groups is 1. The second-order valence-electron chi connectivity index (χ2n) is 4.17. The van der Waals surface area contributed by atoms with E-state index in [4.69, 9.17) is 0 Å². The van der Waals surface area contributed by atoms with Crippen LogP contribution < -0.4 is 5.43 Å². The van der Waals surface area contributed by atoms with Crippen LogP contribution in [0.15, 0.2) is 58.7 Å². The average Bonchev–Trinajstić information content (AvgIpc) is 2.52. The lowest BCUT2D eigenvalue weighted by Crippen LogP contribution is -2.21. The van der Waals surface area contributed by atoms with Gasteiger partial charge in [0.15, 0.2) is 0 Å². The highest BCUT2D eigenvalue weighted by Gasteiger charge is 2.06. The fourth-order valence-corrected chi connectivity index (χ4v) is 2.25. The van der Waals surface area contributed by atoms with Crippen LogP contribution in [-0.2, 0) is 4.79 Å². The van der Waals surface area contributed by atoms with Crippen molar-refractivity contribution in [3.05, 3.63) is 60.2 Å². The first-order valence-corrected chi connectivity index (χ1v) is 7.27. The highest BCUT2D eigenvalue weighted by molar-refractivity contribution is 8.00. The standard InChI is InChI=1S/C15H14FN3OS/c1-11(13-7-4-5-9-17-13)18-19-15(20)10-21-14-8-3-2-6-12(14)16/h2-9H,10H2,1H3,(H,19,20)/b18-11-. The molecule has 1 amide bonds. The lowest BCUT2D eigenvalue weighted by Gasteiger charge is -2.03. The molecule has 0 aliphatic heterocycles. The monoisotopic (exact) mass is 303 g/mol. The molecular weight excluding hydrogens is 289 g/mol. The normalized spacial score (nSPS) is 11.2. The number of carbonyl (C=O) groups is 1. The maximum Gasteiger partial charge on any atom is 0.250 e. The first-order valence-electron chi connectivity index (χ1n) is 6.28. The lowest BCUT2D eigenvalue weighted by molar-refractivity contribution is -0.118. The van der Waals surface area contributed by atoms with E-state index in [1.54, 1.807) is 43.5 Å². The van der Waals surface area contributed by atoms with Crippen molar-refractivity contribution in [2.75, 3.05) is 5.75 Å². The van der Waals surface area contributed by atoms with E-state index in [2.05, 4.69) is 15.5 Å². The summed E-state index contributed by atoms with van der Waals surface area (Å²) in [5, 5.41) is 3.98. The van der Waals surface area contributed by atoms with Crippen molar-refractivity contribution in [2.24, 2.45) is 5.10 Å². The SMILES string of the molecule is C/C(=N/NC(=O)CSc1ccccc1F)c1ccccn1. The number of nitrogens with zero attached hydrogens (tertiary/aromatic N) is 2. The molecular formula is C15H14FN3OS. The Balaban J connectivity index is 1.87. The first-order chi connectivity index (χ1) is 10.2. The molecule has 0 aliphatic carbocycles. The number of rotatable bonds is 5. The van der Waals surface area contributed by atoms with E-state index in [9.17, 15) is 9.18 Å². The van der Waals surface area contributed by atoms with Crippen LogP contribution in [0.5, 0.6) is 0 Å². The van der Waals surface area contributed by atoms with E-state index in [1.165, 1.54) is 6.07 Å². The minimum Gasteiger partial charge on any atom is -0.272 e. The van der Waals surface area contributed by atoms with Gasteiger partial charge in [0.2, 0.25) is 5.91 Å². The van der Waals surface area contributed by atoms with Gasteiger partial charge >= 0.3 is 0 Å². The molecule has 0 radical (unpaired) electrons. The van der Waals surface area contributed by atoms with Crippen molar-refractivity contribution < 1.29 is 9.18 Å². The van der Waals surface area contributed by atoms with Gasteiger partial charge in [-0.1, -0.05) is 18.2 Å². The van der Waals surface area contributed by atoms with Gasteiger partial charge < -0.3 is 0 Å². The smallest absolute Gasteiger partial charge is 0.250 e. The van der Waals surface area contributed by atoms with E-state index in [0.717, 1.165) is 11.8 Å². The third-order valence-corrected chi connectivity index (χ3v) is 3.63. The van der Waals surface area contributed by atoms with E-state index in [1.807, 2.05) is 6.07 Å². The molecule has 0 saturated heterocycles. The van der Waals surface area contributed by atoms with E-state index in [0.29, 0.717) is 16.3 Å². The molecule has 2 rings (SSSR count). The predicted octanol–water partition coefficient (Wildman–Crippen LogP) is 2.85. The fraction of sp³-hybridized carbons (Fsp3) is 0.133. The maximum absolute atomic E-state index is 13.4. The summed E-state index contributed by atoms with van der Waals surface area (Å²) in [6, 6.07) is 11.8. The second-order valence-corrected chi connectivity index (χ2v) is 5.18. The molecule has 1 N–H and O–H groups in total. The van der Waals surface area contributed by atoms with Gasteiger partial charge in [-0.25, -0.2) is 9.82 Å². The summed E-state index contributed by atoms with van der Waals surface area (Å²) >= 11 is 1.13. The molecule has 1 aromatic heterocycles. The Labute approximate surface area is 126 Å². The molecule has 1 heterocycles. The summed E-state index contributed by atoms with van der Waals surface area (Å²) in [5.41, 5.74) is 3.74. The van der Waals surface area contributed by atoms with Crippen LogP contribution >= 0.6 is 11.8 Å². The molecule has 0 spiro atoms. The van der Waals surface area contributed by atoms with E-state index in [-0.39, 0.29) is 17.5 Å². The third kappa shape index (κ3) is 4.68. The summed E-state index contributed by atoms with van der Waals surface area (Å²) in [6.45, 7) is 1.76. The van der Waals surface area contributed by atoms with Gasteiger partial charge in [0.05, 0.1) is 17.2 Å². The molecule has 1 aromatic carbocycles. The van der Waals surface area contributed by atoms with Gasteiger partial charge in [0.25, 0.3) is 0 Å². The molecule has 108 valence electrons. The molecule has 0 saturated carbocycles. The quantitative estimate of drug-likeness (QED) is 0.525. The van der Waals surface area contributed by atoms with Crippen molar-refractivity contribution in [1.82, 2.24) is 10.4 Å². The van der Waals surface area contributed by atoms with Crippen LogP contribution in [0.3, 0.4) is 0 Å². The number of carbonyl (C=O) groups excluding carboxylic acids is 1. The molecule has 0 fully saturated rings. The minimum atomic E-state index is -0.330. The average molecular weight is 303 g/mol. The molecule has 0 bridgehead atoms. The van der Waals surface area contributed by atoms with Crippen LogP contribution in [0, 0.1) is 5.82 Å². The summed E-state index contributed by atoms with van der Waals surface area (Å²) < 4.78 is 13.4. The highest BCUT2D eigenvalue weighted by Crippen LogP contribution is 2.20. The van der Waals surface area contributed by atoms with Crippen LogP contribution in [-0.4, -0.2) is 22.4 Å². The number of nitrogens with one attached hydrogen (secondary N) is 1. The summed E-state index contributed by atoms with van der Waals surface area (Å²) in [7, 11) is 0. The molecule has 0 atom stereocenters.